The summed E-state index contributed by atoms with van der Waals surface area (Å²) in [6, 6.07) is 6.62. The Morgan fingerprint density at radius 3 is 2.76 bits per heavy atom. The smallest absolute Gasteiger partial charge is 0.310 e. The van der Waals surface area contributed by atoms with E-state index in [9.17, 15) is 15.0 Å². The molecule has 1 aromatic rings. The average Bonchev–Trinajstić information content (AvgIpc) is 2.94. The summed E-state index contributed by atoms with van der Waals surface area (Å²) >= 11 is 0. The van der Waals surface area contributed by atoms with Gasteiger partial charge in [0.05, 0.1) is 12.0 Å². The third-order valence-corrected chi connectivity index (χ3v) is 7.45. The Balaban J connectivity index is 1.43. The summed E-state index contributed by atoms with van der Waals surface area (Å²) < 4.78 is 5.85. The summed E-state index contributed by atoms with van der Waals surface area (Å²) in [6.45, 7) is 5.64. The van der Waals surface area contributed by atoms with Crippen LogP contribution in [0.5, 0.6) is 5.75 Å². The van der Waals surface area contributed by atoms with Crippen molar-refractivity contribution in [1.29, 1.82) is 0 Å². The van der Waals surface area contributed by atoms with E-state index in [1.807, 2.05) is 11.9 Å². The molecule has 4 rings (SSSR count). The van der Waals surface area contributed by atoms with Crippen LogP contribution in [0.4, 0.5) is 0 Å². The number of fused-ring (bicyclic) bond motifs is 2. The molecule has 5 atom stereocenters. The van der Waals surface area contributed by atoms with E-state index in [4.69, 9.17) is 4.74 Å². The van der Waals surface area contributed by atoms with Crippen LogP contribution >= 0.6 is 0 Å². The lowest BCUT2D eigenvalue weighted by Gasteiger charge is -2.46. The van der Waals surface area contributed by atoms with Gasteiger partial charge < -0.3 is 19.8 Å². The number of esters is 1. The molecule has 1 heterocycles. The second kappa shape index (κ2) is 7.77. The van der Waals surface area contributed by atoms with Crippen molar-refractivity contribution in [2.75, 3.05) is 20.1 Å². The molecule has 0 aromatic heterocycles. The number of ether oxygens (including phenoxy) is 1. The molecule has 0 radical (unpaired) electrons. The summed E-state index contributed by atoms with van der Waals surface area (Å²) in [7, 11) is 1.95. The van der Waals surface area contributed by atoms with E-state index in [-0.39, 0.29) is 35.1 Å². The van der Waals surface area contributed by atoms with Crippen LogP contribution in [0.3, 0.4) is 0 Å². The molecule has 2 N–H and O–H groups in total. The van der Waals surface area contributed by atoms with Crippen molar-refractivity contribution in [1.82, 2.24) is 4.90 Å². The van der Waals surface area contributed by atoms with Gasteiger partial charge in [0.15, 0.2) is 0 Å². The van der Waals surface area contributed by atoms with E-state index in [1.165, 1.54) is 24.8 Å². The molecule has 1 saturated heterocycles. The molecule has 2 aliphatic carbocycles. The van der Waals surface area contributed by atoms with Crippen molar-refractivity contribution in [3.05, 3.63) is 41.0 Å². The lowest BCUT2D eigenvalue weighted by molar-refractivity contribution is -0.145. The maximum atomic E-state index is 12.7. The lowest BCUT2D eigenvalue weighted by atomic mass is 9.59. The van der Waals surface area contributed by atoms with Crippen molar-refractivity contribution in [2.45, 2.75) is 58.2 Å². The highest BCUT2D eigenvalue weighted by molar-refractivity contribution is 5.76. The second-order valence-electron chi connectivity index (χ2n) is 9.66. The number of allylic oxidation sites excluding steroid dienone is 2. The number of aliphatic hydroxyl groups excluding tert-OH is 1. The van der Waals surface area contributed by atoms with Crippen LogP contribution < -0.4 is 0 Å². The number of benzene rings is 1. The first-order valence-corrected chi connectivity index (χ1v) is 10.8. The monoisotopic (exact) mass is 399 g/mol. The zero-order chi connectivity index (χ0) is 20.8. The minimum atomic E-state index is -0.660. The van der Waals surface area contributed by atoms with Crippen molar-refractivity contribution in [3.63, 3.8) is 0 Å². The molecular weight excluding hydrogens is 366 g/mol. The molecule has 0 bridgehead atoms. The summed E-state index contributed by atoms with van der Waals surface area (Å²) in [4.78, 5) is 14.7. The van der Waals surface area contributed by atoms with Crippen LogP contribution in [0, 0.1) is 17.3 Å². The van der Waals surface area contributed by atoms with Crippen LogP contribution in [-0.2, 0) is 9.53 Å². The fourth-order valence-corrected chi connectivity index (χ4v) is 5.83. The minimum Gasteiger partial charge on any atom is -0.508 e. The number of carbonyl (C=O) groups excluding carboxylic acids is 1. The lowest BCUT2D eigenvalue weighted by Crippen LogP contribution is -2.41. The van der Waals surface area contributed by atoms with Gasteiger partial charge in [0, 0.05) is 19.0 Å². The van der Waals surface area contributed by atoms with Crippen LogP contribution in [0.25, 0.3) is 0 Å². The van der Waals surface area contributed by atoms with E-state index < -0.39 is 6.10 Å². The largest absolute Gasteiger partial charge is 0.508 e. The zero-order valence-electron chi connectivity index (χ0n) is 17.7. The van der Waals surface area contributed by atoms with Gasteiger partial charge in [-0.25, -0.2) is 0 Å². The van der Waals surface area contributed by atoms with Gasteiger partial charge in [0.2, 0.25) is 0 Å². The van der Waals surface area contributed by atoms with E-state index in [1.54, 1.807) is 29.8 Å². The summed E-state index contributed by atoms with van der Waals surface area (Å²) in [5.41, 5.74) is 4.05. The summed E-state index contributed by atoms with van der Waals surface area (Å²) in [5.74, 6) is 0.216. The Bertz CT molecular complexity index is 802. The topological polar surface area (TPSA) is 70.0 Å². The summed E-state index contributed by atoms with van der Waals surface area (Å²) in [6.07, 6.45) is 4.90. The summed E-state index contributed by atoms with van der Waals surface area (Å²) in [5, 5.41) is 20.0. The number of hydrogen-bond donors (Lipinski definition) is 2. The Labute approximate surface area is 173 Å². The maximum absolute atomic E-state index is 12.7. The maximum Gasteiger partial charge on any atom is 0.310 e. The SMILES string of the molecule is CC1=C2C[C@@H]3[C@H](CN(C)C[C@@H](O)c4ccc(O)cc4)C(=O)O[C@@H]3C[C@]2(C)CCC1. The molecule has 3 aliphatic rings. The third kappa shape index (κ3) is 3.95. The van der Waals surface area contributed by atoms with E-state index >= 15 is 0 Å². The van der Waals surface area contributed by atoms with Gasteiger partial charge in [-0.05, 0) is 69.2 Å². The minimum absolute atomic E-state index is 0.0302. The van der Waals surface area contributed by atoms with E-state index in [0.717, 1.165) is 18.4 Å². The highest BCUT2D eigenvalue weighted by Crippen LogP contribution is 2.55. The standard InChI is InChI=1S/C24H33NO4/c1-15-5-4-10-24(2)12-22-18(11-20(15)24)19(23(28)29-22)13-25(3)14-21(27)16-6-8-17(26)9-7-16/h6-9,18-19,21-22,26-27H,4-5,10-14H2,1-3H3/t18-,19+,21-,22-,24+/m1/s1. The number of hydrogen-bond acceptors (Lipinski definition) is 5. The van der Waals surface area contributed by atoms with Crippen LogP contribution in [0.2, 0.25) is 0 Å². The number of nitrogens with zero attached hydrogens (tertiary/aromatic N) is 1. The second-order valence-corrected chi connectivity index (χ2v) is 9.66. The van der Waals surface area contributed by atoms with E-state index in [0.29, 0.717) is 13.1 Å². The van der Waals surface area contributed by atoms with Crippen LogP contribution in [0.15, 0.2) is 35.4 Å². The molecule has 1 aromatic carbocycles. The van der Waals surface area contributed by atoms with Gasteiger partial charge in [-0.3, -0.25) is 4.79 Å². The third-order valence-electron chi connectivity index (χ3n) is 7.45. The fourth-order valence-electron chi connectivity index (χ4n) is 5.83. The molecule has 0 spiro atoms. The average molecular weight is 400 g/mol. The van der Waals surface area contributed by atoms with Crippen molar-refractivity contribution in [2.24, 2.45) is 17.3 Å². The first kappa shape index (κ1) is 20.4. The van der Waals surface area contributed by atoms with Crippen molar-refractivity contribution in [3.8, 4) is 5.75 Å². The molecule has 0 unspecified atom stereocenters. The molecule has 5 nitrogen and oxygen atoms in total. The fraction of sp³-hybridized carbons (Fsp3) is 0.625. The Morgan fingerprint density at radius 2 is 2.03 bits per heavy atom. The molecule has 29 heavy (non-hydrogen) atoms. The molecular formula is C24H33NO4. The Morgan fingerprint density at radius 1 is 1.31 bits per heavy atom. The van der Waals surface area contributed by atoms with Crippen molar-refractivity contribution >= 4 is 5.97 Å². The zero-order valence-corrected chi connectivity index (χ0v) is 17.7. The Hall–Kier alpha value is -1.85. The highest BCUT2D eigenvalue weighted by atomic mass is 16.6. The van der Waals surface area contributed by atoms with Gasteiger partial charge in [-0.2, -0.15) is 0 Å². The van der Waals surface area contributed by atoms with Crippen molar-refractivity contribution < 1.29 is 19.7 Å². The van der Waals surface area contributed by atoms with E-state index in [2.05, 4.69) is 13.8 Å². The molecule has 1 saturated carbocycles. The molecule has 158 valence electrons. The van der Waals surface area contributed by atoms with Gasteiger partial charge in [-0.15, -0.1) is 0 Å². The van der Waals surface area contributed by atoms with Gasteiger partial charge >= 0.3 is 5.97 Å². The predicted octanol–water partition coefficient (Wildman–Crippen LogP) is 3.82. The van der Waals surface area contributed by atoms with Crippen LogP contribution in [0.1, 0.15) is 57.6 Å². The quantitative estimate of drug-likeness (QED) is 0.582. The number of aliphatic hydroxyl groups is 1. The predicted molar refractivity (Wildman–Crippen MR) is 111 cm³/mol. The molecule has 2 fully saturated rings. The molecule has 0 amide bonds. The first-order valence-electron chi connectivity index (χ1n) is 10.8. The van der Waals surface area contributed by atoms with Gasteiger partial charge in [0.25, 0.3) is 0 Å². The molecule has 5 heteroatoms. The number of phenolic OH excluding ortho intramolecular Hbond substituents is 1. The van der Waals surface area contributed by atoms with Crippen LogP contribution in [-0.4, -0.2) is 47.3 Å². The number of rotatable bonds is 5. The number of likely N-dealkylation sites (N-methyl/N-ethyl adjacent to an activating group) is 1. The number of carbonyl (C=O) groups is 1. The number of phenols is 1. The Kier molecular flexibility index (Phi) is 5.47. The normalized spacial score (nSPS) is 32.7. The van der Waals surface area contributed by atoms with Gasteiger partial charge in [-0.1, -0.05) is 30.2 Å². The van der Waals surface area contributed by atoms with Gasteiger partial charge in [0.1, 0.15) is 11.9 Å². The highest BCUT2D eigenvalue weighted by Gasteiger charge is 2.53. The first-order chi connectivity index (χ1) is 13.8. The number of aromatic hydroxyl groups is 1. The molecule has 1 aliphatic heterocycles.